The van der Waals surface area contributed by atoms with Gasteiger partial charge in [0.1, 0.15) is 12.2 Å². The SMILES string of the molecule is CC/C=C\C/C=C\C/C=C\C/C=C\CCCCC(=O)OC(CO)COP(=O)(O)OCC(CO)OC(=O)CCCCCCC/C=C\CCCCCCC. The molecule has 52 heavy (non-hydrogen) atoms. The van der Waals surface area contributed by atoms with E-state index in [9.17, 15) is 29.3 Å². The third-order valence-corrected chi connectivity index (χ3v) is 8.91. The molecule has 0 aromatic carbocycles. The molecule has 0 aliphatic carbocycles. The molecule has 10 nitrogen and oxygen atoms in total. The van der Waals surface area contributed by atoms with Gasteiger partial charge < -0.3 is 24.6 Å². The fourth-order valence-corrected chi connectivity index (χ4v) is 5.71. The van der Waals surface area contributed by atoms with E-state index in [4.69, 9.17) is 18.5 Å². The number of rotatable bonds is 36. The van der Waals surface area contributed by atoms with Crippen LogP contribution in [0.4, 0.5) is 0 Å². The summed E-state index contributed by atoms with van der Waals surface area (Å²) in [5.74, 6) is -1.08. The van der Waals surface area contributed by atoms with Gasteiger partial charge in [0.2, 0.25) is 0 Å². The van der Waals surface area contributed by atoms with Gasteiger partial charge in [-0.3, -0.25) is 18.6 Å². The van der Waals surface area contributed by atoms with Crippen molar-refractivity contribution < 1.29 is 47.8 Å². The Morgan fingerprint density at radius 1 is 0.538 bits per heavy atom. The summed E-state index contributed by atoms with van der Waals surface area (Å²) in [6.07, 6.45) is 39.1. The van der Waals surface area contributed by atoms with Crippen LogP contribution >= 0.6 is 7.82 Å². The molecule has 3 N–H and O–H groups in total. The first-order valence-corrected chi connectivity index (χ1v) is 21.2. The summed E-state index contributed by atoms with van der Waals surface area (Å²) in [5, 5.41) is 19.1. The van der Waals surface area contributed by atoms with Gasteiger partial charge in [-0.05, 0) is 77.0 Å². The smallest absolute Gasteiger partial charge is 0.457 e. The predicted octanol–water partition coefficient (Wildman–Crippen LogP) is 9.94. The first-order chi connectivity index (χ1) is 25.3. The van der Waals surface area contributed by atoms with Crippen molar-refractivity contribution in [1.29, 1.82) is 0 Å². The molecule has 0 heterocycles. The normalized spacial score (nSPS) is 14.6. The van der Waals surface area contributed by atoms with Gasteiger partial charge in [0.25, 0.3) is 0 Å². The number of hydrogen-bond acceptors (Lipinski definition) is 9. The van der Waals surface area contributed by atoms with Crippen molar-refractivity contribution in [2.75, 3.05) is 26.4 Å². The number of aliphatic hydroxyl groups excluding tert-OH is 2. The first kappa shape index (κ1) is 49.7. The monoisotopic (exact) mass is 754 g/mol. The lowest BCUT2D eigenvalue weighted by Crippen LogP contribution is -2.28. The number of unbranched alkanes of at least 4 members (excludes halogenated alkanes) is 12. The number of hydrogen-bond donors (Lipinski definition) is 3. The minimum Gasteiger partial charge on any atom is -0.457 e. The summed E-state index contributed by atoms with van der Waals surface area (Å²) in [4.78, 5) is 34.4. The average Bonchev–Trinajstić information content (AvgIpc) is 3.13. The van der Waals surface area contributed by atoms with Crippen molar-refractivity contribution in [2.45, 2.75) is 161 Å². The number of phosphoric acid groups is 1. The van der Waals surface area contributed by atoms with Crippen molar-refractivity contribution in [3.8, 4) is 0 Å². The highest BCUT2D eigenvalue weighted by atomic mass is 31.2. The van der Waals surface area contributed by atoms with Gasteiger partial charge in [0.05, 0.1) is 26.4 Å². The van der Waals surface area contributed by atoms with Gasteiger partial charge in [0.15, 0.2) is 0 Å². The molecule has 3 atom stereocenters. The number of phosphoric ester groups is 1. The van der Waals surface area contributed by atoms with Crippen molar-refractivity contribution in [3.63, 3.8) is 0 Å². The van der Waals surface area contributed by atoms with E-state index in [0.717, 1.165) is 77.0 Å². The maximum atomic E-state index is 12.3. The van der Waals surface area contributed by atoms with Gasteiger partial charge >= 0.3 is 19.8 Å². The van der Waals surface area contributed by atoms with Gasteiger partial charge in [-0.25, -0.2) is 4.57 Å². The molecule has 0 spiro atoms. The summed E-state index contributed by atoms with van der Waals surface area (Å²) in [5.41, 5.74) is 0. The average molecular weight is 755 g/mol. The molecule has 11 heteroatoms. The van der Waals surface area contributed by atoms with E-state index in [1.165, 1.54) is 32.1 Å². The Kier molecular flexibility index (Phi) is 35.3. The van der Waals surface area contributed by atoms with E-state index >= 15 is 0 Å². The molecule has 0 aromatic heterocycles. The Morgan fingerprint density at radius 3 is 1.37 bits per heavy atom. The molecule has 0 bridgehead atoms. The fraction of sp³-hybridized carbons (Fsp3) is 0.707. The van der Waals surface area contributed by atoms with E-state index in [1.807, 2.05) is 0 Å². The molecular weight excluding hydrogens is 683 g/mol. The molecule has 0 saturated heterocycles. The molecule has 0 rings (SSSR count). The molecule has 300 valence electrons. The highest BCUT2D eigenvalue weighted by Gasteiger charge is 2.27. The Labute approximate surface area is 315 Å². The van der Waals surface area contributed by atoms with E-state index in [0.29, 0.717) is 12.8 Å². The minimum atomic E-state index is -4.65. The highest BCUT2D eigenvalue weighted by Crippen LogP contribution is 2.43. The molecule has 3 unspecified atom stereocenters. The minimum absolute atomic E-state index is 0.137. The summed E-state index contributed by atoms with van der Waals surface area (Å²) in [6, 6.07) is 0. The van der Waals surface area contributed by atoms with Crippen molar-refractivity contribution >= 4 is 19.8 Å². The Morgan fingerprint density at radius 2 is 0.904 bits per heavy atom. The second-order valence-corrected chi connectivity index (χ2v) is 14.3. The lowest BCUT2D eigenvalue weighted by Gasteiger charge is -2.20. The fourth-order valence-electron chi connectivity index (χ4n) is 4.92. The predicted molar refractivity (Wildman–Crippen MR) is 210 cm³/mol. The second kappa shape index (κ2) is 37.0. The third kappa shape index (κ3) is 34.7. The lowest BCUT2D eigenvalue weighted by atomic mass is 10.1. The van der Waals surface area contributed by atoms with Crippen LogP contribution in [0.5, 0.6) is 0 Å². The van der Waals surface area contributed by atoms with Crippen LogP contribution in [0, 0.1) is 0 Å². The molecule has 0 fully saturated rings. The standard InChI is InChI=1S/C41H71O10P/c1-3-5-7-9-11-13-15-17-19-21-23-25-27-29-31-33-41(45)51-39(35-43)37-49-52(46,47)48-36-38(34-42)50-40(44)32-30-28-26-24-22-20-18-16-14-12-10-8-6-4-2/h5,7,11,13,16-19,23,25,38-39,42-43H,3-4,6,8-10,12,14-15,20-22,24,26-37H2,1-2H3,(H,46,47)/b7-5-,13-11-,18-16-,19-17-,25-23-. The molecule has 0 aromatic rings. The van der Waals surface area contributed by atoms with E-state index in [-0.39, 0.29) is 12.8 Å². The van der Waals surface area contributed by atoms with Crippen LogP contribution in [0.2, 0.25) is 0 Å². The number of esters is 2. The van der Waals surface area contributed by atoms with Crippen molar-refractivity contribution in [2.24, 2.45) is 0 Å². The van der Waals surface area contributed by atoms with Crippen molar-refractivity contribution in [3.05, 3.63) is 60.8 Å². The number of aliphatic hydroxyl groups is 2. The van der Waals surface area contributed by atoms with Gasteiger partial charge in [0, 0.05) is 12.8 Å². The Balaban J connectivity index is 4.05. The Bertz CT molecular complexity index is 1050. The topological polar surface area (TPSA) is 149 Å². The van der Waals surface area contributed by atoms with Crippen molar-refractivity contribution in [1.82, 2.24) is 0 Å². The van der Waals surface area contributed by atoms with Crippen LogP contribution in [-0.2, 0) is 32.7 Å². The second-order valence-electron chi connectivity index (χ2n) is 12.9. The van der Waals surface area contributed by atoms with Crippen LogP contribution in [-0.4, -0.2) is 65.7 Å². The molecule has 0 amide bonds. The quantitative estimate of drug-likeness (QED) is 0.0244. The highest BCUT2D eigenvalue weighted by molar-refractivity contribution is 7.47. The van der Waals surface area contributed by atoms with Gasteiger partial charge in [-0.1, -0.05) is 120 Å². The summed E-state index contributed by atoms with van der Waals surface area (Å²) in [6.45, 7) is 2.00. The van der Waals surface area contributed by atoms with Crippen LogP contribution < -0.4 is 0 Å². The zero-order valence-electron chi connectivity index (χ0n) is 32.3. The van der Waals surface area contributed by atoms with Gasteiger partial charge in [-0.15, -0.1) is 0 Å². The summed E-state index contributed by atoms with van der Waals surface area (Å²) < 4.78 is 32.4. The van der Waals surface area contributed by atoms with Crippen LogP contribution in [0.3, 0.4) is 0 Å². The molecule has 0 aliphatic heterocycles. The molecular formula is C41H71O10P. The maximum Gasteiger partial charge on any atom is 0.472 e. The van der Waals surface area contributed by atoms with Crippen LogP contribution in [0.1, 0.15) is 149 Å². The lowest BCUT2D eigenvalue weighted by molar-refractivity contribution is -0.153. The van der Waals surface area contributed by atoms with E-state index < -0.39 is 58.4 Å². The number of carbonyl (C=O) groups is 2. The third-order valence-electron chi connectivity index (χ3n) is 7.96. The molecule has 0 radical (unpaired) electrons. The zero-order chi connectivity index (χ0) is 38.4. The zero-order valence-corrected chi connectivity index (χ0v) is 33.1. The number of ether oxygens (including phenoxy) is 2. The maximum absolute atomic E-state index is 12.3. The largest absolute Gasteiger partial charge is 0.472 e. The summed E-state index contributed by atoms with van der Waals surface area (Å²) >= 11 is 0. The van der Waals surface area contributed by atoms with E-state index in [2.05, 4.69) is 74.6 Å². The van der Waals surface area contributed by atoms with Crippen LogP contribution in [0.15, 0.2) is 60.8 Å². The number of allylic oxidation sites excluding steroid dienone is 10. The van der Waals surface area contributed by atoms with Gasteiger partial charge in [-0.2, -0.15) is 0 Å². The first-order valence-electron chi connectivity index (χ1n) is 19.7. The molecule has 0 saturated carbocycles. The van der Waals surface area contributed by atoms with E-state index in [1.54, 1.807) is 0 Å². The number of carbonyl (C=O) groups excluding carboxylic acids is 2. The summed E-state index contributed by atoms with van der Waals surface area (Å²) in [7, 11) is -4.65. The molecule has 0 aliphatic rings. The van der Waals surface area contributed by atoms with Crippen LogP contribution in [0.25, 0.3) is 0 Å². The Hall–Kier alpha value is -2.33.